The highest BCUT2D eigenvalue weighted by Gasteiger charge is 2.49. The molecule has 0 amide bonds. The topological polar surface area (TPSA) is 38.8 Å². The maximum absolute atomic E-state index is 12.3. The lowest BCUT2D eigenvalue weighted by Gasteiger charge is -2.51. The molecule has 2 heterocycles. The zero-order valence-corrected chi connectivity index (χ0v) is 13.2. The summed E-state index contributed by atoms with van der Waals surface area (Å²) in [6.07, 6.45) is 12.4. The van der Waals surface area contributed by atoms with Gasteiger partial charge in [0.05, 0.1) is 12.1 Å². The van der Waals surface area contributed by atoms with Crippen LogP contribution in [0.25, 0.3) is 0 Å². The Bertz CT molecular complexity index is 412. The standard InChI is InChI=1S/C17H27NO3/c1-13(2)12-16(19)20-17(10-4-3-5-11-17)18-14-6-8-15(21-18)9-7-14/h6,8,13-15H,3-5,7,9-12H2,1-2H3. The molecule has 4 rings (SSSR count). The third-order valence-corrected chi connectivity index (χ3v) is 4.76. The average Bonchev–Trinajstić information content (AvgIpc) is 2.48. The fourth-order valence-electron chi connectivity index (χ4n) is 3.74. The SMILES string of the molecule is CC(C)CC(=O)OC1(N2OC3C=CC2CC3)CCCCC1. The monoisotopic (exact) mass is 293 g/mol. The molecule has 0 aromatic rings. The van der Waals surface area contributed by atoms with E-state index in [0.29, 0.717) is 12.3 Å². The van der Waals surface area contributed by atoms with Gasteiger partial charge in [-0.3, -0.25) is 9.63 Å². The molecule has 118 valence electrons. The number of nitrogens with zero attached hydrogens (tertiary/aromatic N) is 1. The van der Waals surface area contributed by atoms with Crippen molar-refractivity contribution in [3.8, 4) is 0 Å². The van der Waals surface area contributed by atoms with Crippen molar-refractivity contribution in [2.24, 2.45) is 5.92 Å². The van der Waals surface area contributed by atoms with Gasteiger partial charge in [0.2, 0.25) is 0 Å². The van der Waals surface area contributed by atoms with Gasteiger partial charge in [-0.1, -0.05) is 32.4 Å². The van der Waals surface area contributed by atoms with Crippen molar-refractivity contribution in [1.29, 1.82) is 0 Å². The van der Waals surface area contributed by atoms with E-state index >= 15 is 0 Å². The maximum Gasteiger partial charge on any atom is 0.307 e. The van der Waals surface area contributed by atoms with Crippen molar-refractivity contribution in [3.05, 3.63) is 12.2 Å². The van der Waals surface area contributed by atoms with Crippen molar-refractivity contribution >= 4 is 5.97 Å². The summed E-state index contributed by atoms with van der Waals surface area (Å²) in [6.45, 7) is 4.10. The Morgan fingerprint density at radius 1 is 1.29 bits per heavy atom. The molecule has 2 unspecified atom stereocenters. The minimum atomic E-state index is -0.529. The molecule has 2 aliphatic heterocycles. The number of hydrogen-bond donors (Lipinski definition) is 0. The van der Waals surface area contributed by atoms with Crippen LogP contribution in [0.15, 0.2) is 12.2 Å². The molecule has 4 nitrogen and oxygen atoms in total. The van der Waals surface area contributed by atoms with E-state index < -0.39 is 5.72 Å². The molecule has 21 heavy (non-hydrogen) atoms. The fraction of sp³-hybridized carbons (Fsp3) is 0.824. The molecule has 0 aromatic carbocycles. The molecule has 0 N–H and O–H groups in total. The summed E-state index contributed by atoms with van der Waals surface area (Å²) in [7, 11) is 0. The van der Waals surface area contributed by atoms with E-state index in [2.05, 4.69) is 26.0 Å². The molecule has 4 heteroatoms. The Kier molecular flexibility index (Phi) is 4.36. The Hall–Kier alpha value is -0.870. The van der Waals surface area contributed by atoms with Gasteiger partial charge in [0.1, 0.15) is 0 Å². The smallest absolute Gasteiger partial charge is 0.307 e. The first-order valence-electron chi connectivity index (χ1n) is 8.45. The van der Waals surface area contributed by atoms with Crippen LogP contribution in [0.4, 0.5) is 0 Å². The predicted octanol–water partition coefficient (Wildman–Crippen LogP) is 3.57. The van der Waals surface area contributed by atoms with Gasteiger partial charge in [-0.2, -0.15) is 0 Å². The lowest BCUT2D eigenvalue weighted by Crippen LogP contribution is -2.60. The predicted molar refractivity (Wildman–Crippen MR) is 80.2 cm³/mol. The normalized spacial score (nSPS) is 31.6. The fourth-order valence-corrected chi connectivity index (χ4v) is 3.74. The molecule has 1 saturated carbocycles. The van der Waals surface area contributed by atoms with Crippen molar-refractivity contribution < 1.29 is 14.4 Å². The molecule has 0 aromatic heterocycles. The van der Waals surface area contributed by atoms with Crippen LogP contribution in [0.2, 0.25) is 0 Å². The first kappa shape index (κ1) is 15.0. The average molecular weight is 293 g/mol. The third-order valence-electron chi connectivity index (χ3n) is 4.76. The van der Waals surface area contributed by atoms with Gasteiger partial charge >= 0.3 is 5.97 Å². The van der Waals surface area contributed by atoms with Crippen molar-refractivity contribution in [3.63, 3.8) is 0 Å². The van der Waals surface area contributed by atoms with Gasteiger partial charge in [0.25, 0.3) is 0 Å². The zero-order chi connectivity index (χ0) is 14.9. The van der Waals surface area contributed by atoms with Crippen molar-refractivity contribution in [1.82, 2.24) is 5.06 Å². The molecule has 4 aliphatic rings. The summed E-state index contributed by atoms with van der Waals surface area (Å²) in [5.41, 5.74) is -0.529. The van der Waals surface area contributed by atoms with Crippen LogP contribution in [0, 0.1) is 5.92 Å². The number of hydroxylamine groups is 2. The highest BCUT2D eigenvalue weighted by molar-refractivity contribution is 5.70. The summed E-state index contributed by atoms with van der Waals surface area (Å²) >= 11 is 0. The maximum atomic E-state index is 12.3. The quantitative estimate of drug-likeness (QED) is 0.587. The van der Waals surface area contributed by atoms with Crippen LogP contribution in [0.3, 0.4) is 0 Å². The third kappa shape index (κ3) is 3.16. The van der Waals surface area contributed by atoms with E-state index in [4.69, 9.17) is 9.57 Å². The first-order valence-corrected chi connectivity index (χ1v) is 8.45. The first-order chi connectivity index (χ1) is 10.1. The lowest BCUT2D eigenvalue weighted by molar-refractivity contribution is -0.350. The van der Waals surface area contributed by atoms with Crippen LogP contribution >= 0.6 is 0 Å². The van der Waals surface area contributed by atoms with Crippen LogP contribution < -0.4 is 0 Å². The number of esters is 1. The molecule has 1 saturated heterocycles. The summed E-state index contributed by atoms with van der Waals surface area (Å²) in [4.78, 5) is 18.4. The molecule has 2 atom stereocenters. The molecule has 2 bridgehead atoms. The number of rotatable bonds is 4. The Morgan fingerprint density at radius 2 is 2.05 bits per heavy atom. The highest BCUT2D eigenvalue weighted by Crippen LogP contribution is 2.42. The van der Waals surface area contributed by atoms with E-state index in [9.17, 15) is 4.79 Å². The zero-order valence-electron chi connectivity index (χ0n) is 13.2. The van der Waals surface area contributed by atoms with Crippen LogP contribution in [0.1, 0.15) is 65.2 Å². The van der Waals surface area contributed by atoms with E-state index in [-0.39, 0.29) is 18.1 Å². The van der Waals surface area contributed by atoms with Crippen LogP contribution in [-0.2, 0) is 14.4 Å². The van der Waals surface area contributed by atoms with Gasteiger partial charge in [0.15, 0.2) is 5.72 Å². The Labute approximate surface area is 127 Å². The van der Waals surface area contributed by atoms with Gasteiger partial charge < -0.3 is 4.74 Å². The second-order valence-corrected chi connectivity index (χ2v) is 7.08. The number of carbonyl (C=O) groups is 1. The van der Waals surface area contributed by atoms with E-state index in [1.807, 2.05) is 5.06 Å². The second-order valence-electron chi connectivity index (χ2n) is 7.08. The molecule has 0 radical (unpaired) electrons. The van der Waals surface area contributed by atoms with Crippen LogP contribution in [-0.4, -0.2) is 28.9 Å². The van der Waals surface area contributed by atoms with Gasteiger partial charge in [-0.15, -0.1) is 5.06 Å². The van der Waals surface area contributed by atoms with E-state index in [1.54, 1.807) is 0 Å². The molecular weight excluding hydrogens is 266 g/mol. The van der Waals surface area contributed by atoms with Gasteiger partial charge in [-0.05, 0) is 31.6 Å². The summed E-state index contributed by atoms with van der Waals surface area (Å²) in [6, 6.07) is 0.264. The van der Waals surface area contributed by atoms with Crippen molar-refractivity contribution in [2.45, 2.75) is 83.1 Å². The summed E-state index contributed by atoms with van der Waals surface area (Å²) in [5, 5.41) is 2.03. The Morgan fingerprint density at radius 3 is 2.57 bits per heavy atom. The van der Waals surface area contributed by atoms with E-state index in [0.717, 1.165) is 38.5 Å². The summed E-state index contributed by atoms with van der Waals surface area (Å²) in [5.74, 6) is 0.248. The molecule has 2 aliphatic carbocycles. The number of carbonyl (C=O) groups excluding carboxylic acids is 1. The number of ether oxygens (including phenoxy) is 1. The van der Waals surface area contributed by atoms with Gasteiger partial charge in [-0.25, -0.2) is 0 Å². The molecular formula is C17H27NO3. The number of fused-ring (bicyclic) bond motifs is 2. The van der Waals surface area contributed by atoms with Crippen LogP contribution in [0.5, 0.6) is 0 Å². The number of hydrogen-bond acceptors (Lipinski definition) is 4. The second kappa shape index (κ2) is 6.09. The van der Waals surface area contributed by atoms with Gasteiger partial charge in [0, 0.05) is 19.3 Å². The minimum Gasteiger partial charge on any atom is -0.441 e. The van der Waals surface area contributed by atoms with E-state index in [1.165, 1.54) is 6.42 Å². The summed E-state index contributed by atoms with van der Waals surface area (Å²) < 4.78 is 6.01. The highest BCUT2D eigenvalue weighted by atomic mass is 16.7. The molecule has 2 fully saturated rings. The minimum absolute atomic E-state index is 0.0825. The lowest BCUT2D eigenvalue weighted by atomic mass is 9.88. The Balaban J connectivity index is 1.77. The van der Waals surface area contributed by atoms with Crippen molar-refractivity contribution in [2.75, 3.05) is 0 Å². The molecule has 0 spiro atoms. The largest absolute Gasteiger partial charge is 0.441 e.